The molecule has 0 saturated carbocycles. The lowest BCUT2D eigenvalue weighted by atomic mass is 9.58. The third kappa shape index (κ3) is 4.10. The number of amides is 1. The van der Waals surface area contributed by atoms with Gasteiger partial charge in [0, 0.05) is 42.5 Å². The van der Waals surface area contributed by atoms with Crippen molar-refractivity contribution < 1.29 is 34.8 Å². The number of likely N-dealkylation sites (N-methyl/N-ethyl adjacent to an activating group) is 1. The van der Waals surface area contributed by atoms with Crippen molar-refractivity contribution in [1.82, 2.24) is 4.90 Å². The number of anilines is 2. The van der Waals surface area contributed by atoms with Crippen molar-refractivity contribution in [3.8, 4) is 17.6 Å². The summed E-state index contributed by atoms with van der Waals surface area (Å²) in [5.41, 5.74) is 9.79. The molecule has 0 spiro atoms. The number of nitrogens with zero attached hydrogens (tertiary/aromatic N) is 2. The second kappa shape index (κ2) is 9.94. The molecule has 2 aromatic rings. The molecular formula is C31H32N4O7. The summed E-state index contributed by atoms with van der Waals surface area (Å²) in [5.74, 6) is -1.14. The number of fused-ring (bicyclic) bond motifs is 3. The fraction of sp³-hybridized carbons (Fsp3) is 0.323. The Bertz CT molecular complexity index is 1680. The number of phenolic OH excluding ortho intramolecular Hbond substituents is 1. The van der Waals surface area contributed by atoms with Crippen molar-refractivity contribution in [1.29, 1.82) is 0 Å². The standard InChI is InChI=1S/C31H32N4O7/c1-34(2)20-13-15(8-5-14-6-9-17(32)10-7-14)25(36)22-18(20)11-16-12-19-24(35(3)4)27(38)23(30(33)41)29(40)31(19,42)28(39)21(16)26(22)37/h6-7,9-10,13,16,19,24,36,38-39,42H,11-12,32H2,1-4H3,(H2,33,41)/t16-,19-,24+,31-/m0/s1. The second-order valence-electron chi connectivity index (χ2n) is 11.4. The number of hydrogen-bond acceptors (Lipinski definition) is 10. The van der Waals surface area contributed by atoms with Gasteiger partial charge in [0.25, 0.3) is 5.91 Å². The van der Waals surface area contributed by atoms with E-state index in [0.717, 1.165) is 0 Å². The maximum Gasteiger partial charge on any atom is 0.255 e. The van der Waals surface area contributed by atoms with Crippen LogP contribution in [-0.4, -0.2) is 82.6 Å². The number of nitrogens with two attached hydrogens (primary N) is 2. The summed E-state index contributed by atoms with van der Waals surface area (Å²) in [5, 5.41) is 45.5. The number of rotatable bonds is 3. The number of benzene rings is 2. The highest BCUT2D eigenvalue weighted by molar-refractivity contribution is 6.25. The highest BCUT2D eigenvalue weighted by Crippen LogP contribution is 2.53. The van der Waals surface area contributed by atoms with E-state index in [1.54, 1.807) is 63.4 Å². The third-order valence-corrected chi connectivity index (χ3v) is 8.43. The van der Waals surface area contributed by atoms with Crippen LogP contribution in [0.15, 0.2) is 53.0 Å². The molecular weight excluding hydrogens is 540 g/mol. The highest BCUT2D eigenvalue weighted by atomic mass is 16.3. The average molecular weight is 573 g/mol. The van der Waals surface area contributed by atoms with Gasteiger partial charge in [-0.25, -0.2) is 0 Å². The molecule has 42 heavy (non-hydrogen) atoms. The van der Waals surface area contributed by atoms with Crippen LogP contribution in [0.4, 0.5) is 11.4 Å². The van der Waals surface area contributed by atoms with Crippen molar-refractivity contribution >= 4 is 28.8 Å². The molecule has 11 heteroatoms. The summed E-state index contributed by atoms with van der Waals surface area (Å²) in [6, 6.07) is 7.44. The molecule has 0 unspecified atom stereocenters. The topological polar surface area (TPSA) is 191 Å². The molecule has 0 radical (unpaired) electrons. The molecule has 4 atom stereocenters. The number of primary amides is 1. The molecule has 2 aromatic carbocycles. The lowest BCUT2D eigenvalue weighted by Gasteiger charge is -2.50. The largest absolute Gasteiger partial charge is 0.510 e. The lowest BCUT2D eigenvalue weighted by Crippen LogP contribution is -2.63. The molecule has 3 aliphatic carbocycles. The van der Waals surface area contributed by atoms with Crippen molar-refractivity contribution in [2.24, 2.45) is 17.6 Å². The number of aliphatic hydroxyl groups is 3. The van der Waals surface area contributed by atoms with E-state index < -0.39 is 63.8 Å². The Hall–Kier alpha value is -4.79. The maximum absolute atomic E-state index is 14.1. The first kappa shape index (κ1) is 28.7. The van der Waals surface area contributed by atoms with Gasteiger partial charge >= 0.3 is 0 Å². The van der Waals surface area contributed by atoms with Crippen LogP contribution in [0.5, 0.6) is 5.75 Å². The zero-order valence-electron chi connectivity index (χ0n) is 23.6. The minimum atomic E-state index is -2.70. The summed E-state index contributed by atoms with van der Waals surface area (Å²) < 4.78 is 0. The molecule has 0 aliphatic heterocycles. The normalized spacial score (nSPS) is 25.0. The van der Waals surface area contributed by atoms with Gasteiger partial charge in [-0.1, -0.05) is 11.8 Å². The number of ketones is 2. The monoisotopic (exact) mass is 572 g/mol. The first-order valence-corrected chi connectivity index (χ1v) is 13.3. The van der Waals surface area contributed by atoms with Gasteiger partial charge in [-0.2, -0.15) is 0 Å². The minimum absolute atomic E-state index is 0.0120. The van der Waals surface area contributed by atoms with Crippen LogP contribution in [-0.2, 0) is 16.0 Å². The van der Waals surface area contributed by atoms with Gasteiger partial charge in [-0.05, 0) is 68.8 Å². The molecule has 1 amide bonds. The van der Waals surface area contributed by atoms with E-state index in [4.69, 9.17) is 11.5 Å². The molecule has 0 fully saturated rings. The van der Waals surface area contributed by atoms with Crippen LogP contribution in [0.25, 0.3) is 0 Å². The van der Waals surface area contributed by atoms with Gasteiger partial charge in [0.2, 0.25) is 5.78 Å². The highest BCUT2D eigenvalue weighted by Gasteiger charge is 2.63. The van der Waals surface area contributed by atoms with Crippen molar-refractivity contribution in [3.05, 3.63) is 75.3 Å². The van der Waals surface area contributed by atoms with Gasteiger partial charge in [0.05, 0.1) is 17.2 Å². The molecule has 0 saturated heterocycles. The maximum atomic E-state index is 14.1. The Morgan fingerprint density at radius 1 is 1.05 bits per heavy atom. The Morgan fingerprint density at radius 3 is 2.26 bits per heavy atom. The van der Waals surface area contributed by atoms with Crippen LogP contribution in [0.2, 0.25) is 0 Å². The summed E-state index contributed by atoms with van der Waals surface area (Å²) in [6.07, 6.45) is 0.194. The second-order valence-corrected chi connectivity index (χ2v) is 11.4. The fourth-order valence-electron chi connectivity index (χ4n) is 6.50. The van der Waals surface area contributed by atoms with Crippen LogP contribution < -0.4 is 16.4 Å². The molecule has 8 N–H and O–H groups in total. The van der Waals surface area contributed by atoms with Gasteiger partial charge in [-0.3, -0.25) is 19.3 Å². The van der Waals surface area contributed by atoms with E-state index in [-0.39, 0.29) is 29.5 Å². The Morgan fingerprint density at radius 2 is 1.69 bits per heavy atom. The fourth-order valence-corrected chi connectivity index (χ4v) is 6.50. The van der Waals surface area contributed by atoms with E-state index in [1.165, 1.54) is 4.90 Å². The lowest BCUT2D eigenvalue weighted by molar-refractivity contribution is -0.148. The quantitative estimate of drug-likeness (QED) is 0.177. The first-order chi connectivity index (χ1) is 19.7. The zero-order chi connectivity index (χ0) is 30.8. The van der Waals surface area contributed by atoms with Crippen molar-refractivity contribution in [2.45, 2.75) is 24.5 Å². The number of phenols is 1. The third-order valence-electron chi connectivity index (χ3n) is 8.43. The molecule has 0 aromatic heterocycles. The number of aliphatic hydroxyl groups excluding tert-OH is 2. The van der Waals surface area contributed by atoms with Gasteiger partial charge in [-0.15, -0.1) is 0 Å². The van der Waals surface area contributed by atoms with E-state index in [1.807, 2.05) is 0 Å². The van der Waals surface area contributed by atoms with Crippen molar-refractivity contribution in [3.63, 3.8) is 0 Å². The van der Waals surface area contributed by atoms with Crippen molar-refractivity contribution in [2.75, 3.05) is 38.8 Å². The minimum Gasteiger partial charge on any atom is -0.510 e. The van der Waals surface area contributed by atoms with Gasteiger partial charge in [0.1, 0.15) is 22.8 Å². The number of allylic oxidation sites excluding steroid dienone is 1. The van der Waals surface area contributed by atoms with Crippen LogP contribution in [0.3, 0.4) is 0 Å². The number of carbonyl (C=O) groups excluding carboxylic acids is 3. The molecule has 11 nitrogen and oxygen atoms in total. The molecule has 218 valence electrons. The smallest absolute Gasteiger partial charge is 0.255 e. The van der Waals surface area contributed by atoms with Crippen LogP contribution >= 0.6 is 0 Å². The van der Waals surface area contributed by atoms with Gasteiger partial charge in [0.15, 0.2) is 11.4 Å². The average Bonchev–Trinajstić information content (AvgIpc) is 2.90. The number of aromatic hydroxyl groups is 1. The summed E-state index contributed by atoms with van der Waals surface area (Å²) in [4.78, 5) is 43.0. The molecule has 3 aliphatic rings. The SMILES string of the molecule is CN(C)c1cc(C#Cc2ccc(N)cc2)c(O)c2c1C[C@H]1C[C@H]3[C@@H](N(C)C)C(O)=C(C(N)=O)C(=O)[C@@]3(O)C(O)=C1C2=O. The number of hydrogen-bond donors (Lipinski definition) is 6. The Balaban J connectivity index is 1.70. The van der Waals surface area contributed by atoms with E-state index >= 15 is 0 Å². The first-order valence-electron chi connectivity index (χ1n) is 13.3. The van der Waals surface area contributed by atoms with Crippen LogP contribution in [0.1, 0.15) is 33.5 Å². The number of carbonyl (C=O) groups is 3. The number of nitrogen functional groups attached to an aromatic ring is 1. The Kier molecular flexibility index (Phi) is 6.80. The van der Waals surface area contributed by atoms with Crippen LogP contribution in [0, 0.1) is 23.7 Å². The summed E-state index contributed by atoms with van der Waals surface area (Å²) >= 11 is 0. The summed E-state index contributed by atoms with van der Waals surface area (Å²) in [6.45, 7) is 0. The van der Waals surface area contributed by atoms with E-state index in [9.17, 15) is 34.8 Å². The molecule has 5 rings (SSSR count). The predicted molar refractivity (Wildman–Crippen MR) is 155 cm³/mol. The van der Waals surface area contributed by atoms with E-state index in [2.05, 4.69) is 11.8 Å². The Labute approximate surface area is 242 Å². The molecule has 0 heterocycles. The number of Topliss-reactive ketones (excluding diaryl/α,β-unsaturated/α-hetero) is 2. The summed E-state index contributed by atoms with van der Waals surface area (Å²) in [7, 11) is 6.74. The molecule has 0 bridgehead atoms. The van der Waals surface area contributed by atoms with E-state index in [0.29, 0.717) is 22.5 Å². The van der Waals surface area contributed by atoms with Gasteiger partial charge < -0.3 is 36.8 Å². The predicted octanol–water partition coefficient (Wildman–Crippen LogP) is 1.17. The zero-order valence-corrected chi connectivity index (χ0v) is 23.6.